The van der Waals surface area contributed by atoms with Gasteiger partial charge in [-0.1, -0.05) is 26.6 Å². The fourth-order valence-corrected chi connectivity index (χ4v) is 3.64. The highest BCUT2D eigenvalue weighted by atomic mass is 32.1. The molecule has 1 aromatic heterocycles. The molecule has 2 nitrogen and oxygen atoms in total. The first-order valence-corrected chi connectivity index (χ1v) is 9.48. The molecule has 0 saturated heterocycles. The van der Waals surface area contributed by atoms with Crippen LogP contribution in [0.25, 0.3) is 0 Å². The average Bonchev–Trinajstić information content (AvgIpc) is 2.57. The Balaban J connectivity index is 3.14. The van der Waals surface area contributed by atoms with Crippen LogP contribution in [0.2, 0.25) is 19.6 Å². The van der Waals surface area contributed by atoms with Gasteiger partial charge >= 0.3 is 0 Å². The number of aldehydes is 1. The van der Waals surface area contributed by atoms with Gasteiger partial charge in [0.2, 0.25) is 0 Å². The van der Waals surface area contributed by atoms with E-state index in [-0.39, 0.29) is 0 Å². The van der Waals surface area contributed by atoms with Crippen molar-refractivity contribution in [3.63, 3.8) is 0 Å². The molecule has 0 aliphatic heterocycles. The first kappa shape index (κ1) is 12.5. The van der Waals surface area contributed by atoms with E-state index >= 15 is 0 Å². The van der Waals surface area contributed by atoms with Crippen molar-refractivity contribution in [1.29, 1.82) is 0 Å². The van der Waals surface area contributed by atoms with Crippen molar-refractivity contribution in [2.45, 2.75) is 32.1 Å². The molecule has 1 aromatic rings. The lowest BCUT2D eigenvalue weighted by Gasteiger charge is -2.25. The number of hydrogen-bond acceptors (Lipinski definition) is 3. The topological polar surface area (TPSA) is 26.3 Å². The number of carbonyl (C=O) groups excluding carboxylic acids is 1. The van der Waals surface area contributed by atoms with Gasteiger partial charge in [-0.3, -0.25) is 4.79 Å². The smallest absolute Gasteiger partial charge is 0.163 e. The number of ether oxygens (including phenoxy) is 1. The minimum atomic E-state index is -1.24. The van der Waals surface area contributed by atoms with E-state index < -0.39 is 8.07 Å². The Morgan fingerprint density at radius 1 is 1.47 bits per heavy atom. The molecule has 0 bridgehead atoms. The molecule has 0 N–H and O–H groups in total. The summed E-state index contributed by atoms with van der Waals surface area (Å²) in [5, 5.41) is 2.06. The van der Waals surface area contributed by atoms with Gasteiger partial charge in [-0.05, 0) is 10.9 Å². The van der Waals surface area contributed by atoms with Crippen molar-refractivity contribution < 1.29 is 9.53 Å². The average molecular weight is 242 g/mol. The summed E-state index contributed by atoms with van der Waals surface area (Å²) < 4.78 is 5.33. The number of rotatable bonds is 4. The SMILES string of the molecule is COc1c(C(C)[Si](C)(C)C)csc1C=O. The lowest BCUT2D eigenvalue weighted by molar-refractivity contribution is 0.112. The van der Waals surface area contributed by atoms with E-state index in [2.05, 4.69) is 31.9 Å². The molecule has 15 heavy (non-hydrogen) atoms. The summed E-state index contributed by atoms with van der Waals surface area (Å²) in [5.41, 5.74) is 1.71. The second-order valence-electron chi connectivity index (χ2n) is 4.79. The molecule has 0 spiro atoms. The van der Waals surface area contributed by atoms with E-state index in [4.69, 9.17) is 4.74 Å². The molecule has 1 heterocycles. The third kappa shape index (κ3) is 2.49. The van der Waals surface area contributed by atoms with Crippen molar-refractivity contribution in [1.82, 2.24) is 0 Å². The summed E-state index contributed by atoms with van der Waals surface area (Å²) >= 11 is 1.47. The third-order valence-corrected chi connectivity index (χ3v) is 6.69. The van der Waals surface area contributed by atoms with Crippen molar-refractivity contribution in [3.05, 3.63) is 15.8 Å². The minimum absolute atomic E-state index is 0.511. The molecule has 84 valence electrons. The van der Waals surface area contributed by atoms with Crippen LogP contribution in [0.15, 0.2) is 5.38 Å². The minimum Gasteiger partial charge on any atom is -0.495 e. The second kappa shape index (κ2) is 4.49. The maximum atomic E-state index is 10.8. The van der Waals surface area contributed by atoms with Crippen LogP contribution in [0, 0.1) is 0 Å². The number of hydrogen-bond donors (Lipinski definition) is 0. The number of thiophene rings is 1. The van der Waals surface area contributed by atoms with E-state index in [1.165, 1.54) is 16.9 Å². The lowest BCUT2D eigenvalue weighted by Crippen LogP contribution is -2.28. The molecular weight excluding hydrogens is 224 g/mol. The van der Waals surface area contributed by atoms with Crippen LogP contribution >= 0.6 is 11.3 Å². The predicted molar refractivity (Wildman–Crippen MR) is 68.0 cm³/mol. The Hall–Kier alpha value is -0.613. The normalized spacial score (nSPS) is 13.7. The van der Waals surface area contributed by atoms with Gasteiger partial charge in [0.15, 0.2) is 6.29 Å². The predicted octanol–water partition coefficient (Wildman–Crippen LogP) is 3.55. The Morgan fingerprint density at radius 2 is 2.07 bits per heavy atom. The maximum absolute atomic E-state index is 10.8. The first-order chi connectivity index (χ1) is 6.91. The van der Waals surface area contributed by atoms with Gasteiger partial charge in [0, 0.05) is 5.56 Å². The van der Waals surface area contributed by atoms with Gasteiger partial charge in [-0.2, -0.15) is 0 Å². The van der Waals surface area contributed by atoms with Crippen LogP contribution < -0.4 is 4.74 Å². The van der Waals surface area contributed by atoms with Crippen molar-refractivity contribution >= 4 is 25.7 Å². The van der Waals surface area contributed by atoms with Gasteiger partial charge in [0.25, 0.3) is 0 Å². The molecule has 0 saturated carbocycles. The Bertz CT molecular complexity index is 352. The number of methoxy groups -OCH3 is 1. The van der Waals surface area contributed by atoms with Crippen LogP contribution in [0.5, 0.6) is 5.75 Å². The lowest BCUT2D eigenvalue weighted by atomic mass is 10.2. The van der Waals surface area contributed by atoms with E-state index in [9.17, 15) is 4.79 Å². The Labute approximate surface area is 96.3 Å². The fraction of sp³-hybridized carbons (Fsp3) is 0.545. The zero-order chi connectivity index (χ0) is 11.6. The van der Waals surface area contributed by atoms with Crippen LogP contribution in [0.3, 0.4) is 0 Å². The highest BCUT2D eigenvalue weighted by Gasteiger charge is 2.28. The zero-order valence-electron chi connectivity index (χ0n) is 9.96. The second-order valence-corrected chi connectivity index (χ2v) is 11.3. The molecule has 0 aromatic carbocycles. The maximum Gasteiger partial charge on any atom is 0.163 e. The highest BCUT2D eigenvalue weighted by molar-refractivity contribution is 7.12. The Kier molecular flexibility index (Phi) is 3.73. The standard InChI is InChI=1S/C11H18O2SSi/c1-8(15(3,4)5)9-7-14-10(6-12)11(9)13-2/h6-8H,1-5H3. The van der Waals surface area contributed by atoms with Gasteiger partial charge in [-0.25, -0.2) is 0 Å². The molecule has 0 aliphatic rings. The third-order valence-electron chi connectivity index (χ3n) is 2.88. The van der Waals surface area contributed by atoms with Gasteiger partial charge < -0.3 is 4.74 Å². The monoisotopic (exact) mass is 242 g/mol. The van der Waals surface area contributed by atoms with Crippen LogP contribution in [-0.4, -0.2) is 21.5 Å². The summed E-state index contributed by atoms with van der Waals surface area (Å²) in [6.45, 7) is 9.21. The van der Waals surface area contributed by atoms with Crippen molar-refractivity contribution in [2.24, 2.45) is 0 Å². The molecule has 4 heteroatoms. The molecule has 1 rings (SSSR count). The quantitative estimate of drug-likeness (QED) is 0.596. The van der Waals surface area contributed by atoms with E-state index in [0.717, 1.165) is 12.0 Å². The van der Waals surface area contributed by atoms with E-state index in [0.29, 0.717) is 10.4 Å². The van der Waals surface area contributed by atoms with Crippen LogP contribution in [0.1, 0.15) is 27.7 Å². The summed E-state index contributed by atoms with van der Waals surface area (Å²) in [5.74, 6) is 0.782. The molecule has 1 unspecified atom stereocenters. The summed E-state index contributed by atoms with van der Waals surface area (Å²) in [7, 11) is 0.397. The van der Waals surface area contributed by atoms with Crippen molar-refractivity contribution in [2.75, 3.05) is 7.11 Å². The highest BCUT2D eigenvalue weighted by Crippen LogP contribution is 2.38. The van der Waals surface area contributed by atoms with Gasteiger partial charge in [-0.15, -0.1) is 11.3 Å². The zero-order valence-corrected chi connectivity index (χ0v) is 11.8. The summed E-state index contributed by atoms with van der Waals surface area (Å²) in [4.78, 5) is 11.5. The molecule has 0 aliphatic carbocycles. The molecule has 0 radical (unpaired) electrons. The summed E-state index contributed by atoms with van der Waals surface area (Å²) in [6, 6.07) is 0. The largest absolute Gasteiger partial charge is 0.495 e. The van der Waals surface area contributed by atoms with Crippen LogP contribution in [-0.2, 0) is 0 Å². The number of carbonyl (C=O) groups is 1. The Morgan fingerprint density at radius 3 is 2.47 bits per heavy atom. The fourth-order valence-electron chi connectivity index (χ4n) is 1.44. The van der Waals surface area contributed by atoms with Gasteiger partial charge in [0.1, 0.15) is 10.6 Å². The van der Waals surface area contributed by atoms with Crippen molar-refractivity contribution in [3.8, 4) is 5.75 Å². The molecule has 0 amide bonds. The molecular formula is C11H18O2SSi. The van der Waals surface area contributed by atoms with E-state index in [1.54, 1.807) is 7.11 Å². The summed E-state index contributed by atoms with van der Waals surface area (Å²) in [6.07, 6.45) is 0.879. The van der Waals surface area contributed by atoms with Gasteiger partial charge in [0.05, 0.1) is 15.2 Å². The first-order valence-electron chi connectivity index (χ1n) is 5.02. The van der Waals surface area contributed by atoms with E-state index in [1.807, 2.05) is 0 Å². The van der Waals surface area contributed by atoms with Crippen LogP contribution in [0.4, 0.5) is 0 Å². The molecule has 0 fully saturated rings. The molecule has 1 atom stereocenters.